The minimum Gasteiger partial charge on any atom is -0.481 e. The summed E-state index contributed by atoms with van der Waals surface area (Å²) in [6.07, 6.45) is 4.77. The molecule has 1 amide bonds. The van der Waals surface area contributed by atoms with Gasteiger partial charge >= 0.3 is 5.97 Å². The fourth-order valence-corrected chi connectivity index (χ4v) is 2.37. The van der Waals surface area contributed by atoms with Crippen LogP contribution in [0, 0.1) is 11.8 Å². The number of amides is 1. The van der Waals surface area contributed by atoms with Gasteiger partial charge in [0.05, 0.1) is 12.5 Å². The number of hydrogen-bond acceptors (Lipinski definition) is 3. The monoisotopic (exact) mass is 300 g/mol. The second-order valence-electron chi connectivity index (χ2n) is 6.20. The number of rotatable bonds is 11. The van der Waals surface area contributed by atoms with Crippen LogP contribution in [-0.4, -0.2) is 29.1 Å². The van der Waals surface area contributed by atoms with E-state index < -0.39 is 12.0 Å². The minimum atomic E-state index is -0.889. The molecule has 0 spiro atoms. The molecule has 4 atom stereocenters. The molecule has 0 rings (SSSR count). The zero-order valence-corrected chi connectivity index (χ0v) is 13.9. The van der Waals surface area contributed by atoms with Crippen molar-refractivity contribution >= 4 is 11.9 Å². The van der Waals surface area contributed by atoms with Gasteiger partial charge < -0.3 is 16.2 Å². The number of carbonyl (C=O) groups excluding carboxylic acids is 1. The fourth-order valence-electron chi connectivity index (χ4n) is 2.37. The Kier molecular flexibility index (Phi) is 10.0. The van der Waals surface area contributed by atoms with Gasteiger partial charge in [-0.3, -0.25) is 9.59 Å². The Hall–Kier alpha value is -1.10. The van der Waals surface area contributed by atoms with Gasteiger partial charge in [0.2, 0.25) is 5.91 Å². The summed E-state index contributed by atoms with van der Waals surface area (Å²) in [6.45, 7) is 8.15. The number of carbonyl (C=O) groups is 2. The Labute approximate surface area is 128 Å². The van der Waals surface area contributed by atoms with E-state index >= 15 is 0 Å². The van der Waals surface area contributed by atoms with Crippen LogP contribution in [0.25, 0.3) is 0 Å². The SMILES string of the molecule is CCCC[C@@H](C)C[C@@H](CC(=O)O)NC(=O)[C@@H](N)C(C)CC. The number of nitrogens with one attached hydrogen (secondary N) is 1. The van der Waals surface area contributed by atoms with E-state index in [0.717, 1.165) is 25.7 Å². The van der Waals surface area contributed by atoms with Crippen LogP contribution in [0.2, 0.25) is 0 Å². The van der Waals surface area contributed by atoms with Gasteiger partial charge in [0.15, 0.2) is 0 Å². The molecule has 0 fully saturated rings. The summed E-state index contributed by atoms with van der Waals surface area (Å²) in [5.74, 6) is -0.638. The first-order valence-electron chi connectivity index (χ1n) is 8.09. The quantitative estimate of drug-likeness (QED) is 0.546. The molecular weight excluding hydrogens is 268 g/mol. The summed E-state index contributed by atoms with van der Waals surface area (Å²) in [6, 6.07) is -0.908. The van der Waals surface area contributed by atoms with E-state index in [2.05, 4.69) is 19.2 Å². The number of carboxylic acid groups (broad SMARTS) is 1. The summed E-state index contributed by atoms with van der Waals surface area (Å²) < 4.78 is 0. The summed E-state index contributed by atoms with van der Waals surface area (Å²) >= 11 is 0. The van der Waals surface area contributed by atoms with Crippen LogP contribution in [0.1, 0.15) is 66.2 Å². The van der Waals surface area contributed by atoms with Gasteiger partial charge in [0.25, 0.3) is 0 Å². The fraction of sp³-hybridized carbons (Fsp3) is 0.875. The second-order valence-corrected chi connectivity index (χ2v) is 6.20. The zero-order chi connectivity index (χ0) is 16.4. The highest BCUT2D eigenvalue weighted by molar-refractivity contribution is 5.82. The number of carboxylic acids is 1. The molecule has 0 bridgehead atoms. The van der Waals surface area contributed by atoms with E-state index in [1.807, 2.05) is 13.8 Å². The highest BCUT2D eigenvalue weighted by atomic mass is 16.4. The number of hydrogen-bond donors (Lipinski definition) is 3. The molecule has 1 unspecified atom stereocenters. The number of unbranched alkanes of at least 4 members (excludes halogenated alkanes) is 1. The molecular formula is C16H32N2O3. The van der Waals surface area contributed by atoms with Crippen LogP contribution < -0.4 is 11.1 Å². The van der Waals surface area contributed by atoms with E-state index in [1.54, 1.807) is 0 Å². The highest BCUT2D eigenvalue weighted by Crippen LogP contribution is 2.16. The maximum Gasteiger partial charge on any atom is 0.305 e. The molecule has 0 radical (unpaired) electrons. The lowest BCUT2D eigenvalue weighted by Crippen LogP contribution is -2.49. The molecule has 5 nitrogen and oxygen atoms in total. The predicted octanol–water partition coefficient (Wildman–Crippen LogP) is 2.54. The first-order chi connectivity index (χ1) is 9.81. The van der Waals surface area contributed by atoms with Crippen LogP contribution in [0.15, 0.2) is 0 Å². The lowest BCUT2D eigenvalue weighted by molar-refractivity contribution is -0.137. The summed E-state index contributed by atoms with van der Waals surface area (Å²) in [5, 5.41) is 11.8. The standard InChI is InChI=1S/C16H32N2O3/c1-5-7-8-11(3)9-13(10-14(19)20)18-16(21)15(17)12(4)6-2/h11-13,15H,5-10,17H2,1-4H3,(H,18,21)(H,19,20)/t11-,12?,13+,15+/m1/s1. The van der Waals surface area contributed by atoms with Crippen molar-refractivity contribution < 1.29 is 14.7 Å². The van der Waals surface area contributed by atoms with Crippen molar-refractivity contribution in [3.8, 4) is 0 Å². The van der Waals surface area contributed by atoms with Crippen molar-refractivity contribution in [3.63, 3.8) is 0 Å². The van der Waals surface area contributed by atoms with Crippen molar-refractivity contribution in [2.24, 2.45) is 17.6 Å². The van der Waals surface area contributed by atoms with E-state index in [0.29, 0.717) is 12.3 Å². The van der Waals surface area contributed by atoms with Gasteiger partial charge in [-0.2, -0.15) is 0 Å². The molecule has 0 aromatic heterocycles. The molecule has 0 aromatic carbocycles. The van der Waals surface area contributed by atoms with Crippen LogP contribution in [0.5, 0.6) is 0 Å². The lowest BCUT2D eigenvalue weighted by Gasteiger charge is -2.24. The van der Waals surface area contributed by atoms with Gasteiger partial charge in [-0.25, -0.2) is 0 Å². The maximum absolute atomic E-state index is 12.1. The average Bonchev–Trinajstić information content (AvgIpc) is 2.42. The second kappa shape index (κ2) is 10.6. The van der Waals surface area contributed by atoms with Crippen molar-refractivity contribution in [1.82, 2.24) is 5.32 Å². The molecule has 0 aliphatic heterocycles. The van der Waals surface area contributed by atoms with Gasteiger partial charge in [0.1, 0.15) is 0 Å². The third-order valence-electron chi connectivity index (χ3n) is 4.06. The maximum atomic E-state index is 12.1. The van der Waals surface area contributed by atoms with E-state index in [9.17, 15) is 9.59 Å². The number of aliphatic carboxylic acids is 1. The molecule has 0 saturated carbocycles. The van der Waals surface area contributed by atoms with Gasteiger partial charge in [-0.05, 0) is 18.3 Å². The molecule has 5 heteroatoms. The Balaban J connectivity index is 4.54. The third kappa shape index (κ3) is 8.71. The molecule has 4 N–H and O–H groups in total. The lowest BCUT2D eigenvalue weighted by atomic mass is 9.93. The molecule has 0 aliphatic rings. The highest BCUT2D eigenvalue weighted by Gasteiger charge is 2.24. The molecule has 0 saturated heterocycles. The summed E-state index contributed by atoms with van der Waals surface area (Å²) in [4.78, 5) is 23.1. The Bertz CT molecular complexity index is 321. The van der Waals surface area contributed by atoms with Gasteiger partial charge in [0, 0.05) is 6.04 Å². The Morgan fingerprint density at radius 2 is 1.86 bits per heavy atom. The van der Waals surface area contributed by atoms with Crippen molar-refractivity contribution in [2.75, 3.05) is 0 Å². The zero-order valence-electron chi connectivity index (χ0n) is 13.9. The molecule has 0 aromatic rings. The molecule has 0 heterocycles. The topological polar surface area (TPSA) is 92.4 Å². The first kappa shape index (κ1) is 19.9. The van der Waals surface area contributed by atoms with Crippen LogP contribution in [0.4, 0.5) is 0 Å². The predicted molar refractivity (Wildman–Crippen MR) is 84.9 cm³/mol. The van der Waals surface area contributed by atoms with Crippen LogP contribution in [-0.2, 0) is 9.59 Å². The van der Waals surface area contributed by atoms with Crippen LogP contribution in [0.3, 0.4) is 0 Å². The van der Waals surface area contributed by atoms with E-state index in [1.165, 1.54) is 0 Å². The average molecular weight is 300 g/mol. The van der Waals surface area contributed by atoms with Crippen molar-refractivity contribution in [3.05, 3.63) is 0 Å². The van der Waals surface area contributed by atoms with Gasteiger partial charge in [-0.15, -0.1) is 0 Å². The molecule has 21 heavy (non-hydrogen) atoms. The van der Waals surface area contributed by atoms with Crippen molar-refractivity contribution in [2.45, 2.75) is 78.3 Å². The minimum absolute atomic E-state index is 0.0462. The van der Waals surface area contributed by atoms with E-state index in [-0.39, 0.29) is 24.3 Å². The normalized spacial score (nSPS) is 16.8. The van der Waals surface area contributed by atoms with Gasteiger partial charge in [-0.1, -0.05) is 53.4 Å². The van der Waals surface area contributed by atoms with E-state index in [4.69, 9.17) is 10.8 Å². The summed E-state index contributed by atoms with van der Waals surface area (Å²) in [5.41, 5.74) is 5.90. The third-order valence-corrected chi connectivity index (χ3v) is 4.06. The van der Waals surface area contributed by atoms with Crippen molar-refractivity contribution in [1.29, 1.82) is 0 Å². The molecule has 124 valence electrons. The summed E-state index contributed by atoms with van der Waals surface area (Å²) in [7, 11) is 0. The largest absolute Gasteiger partial charge is 0.481 e. The first-order valence-corrected chi connectivity index (χ1v) is 8.09. The smallest absolute Gasteiger partial charge is 0.305 e. The van der Waals surface area contributed by atoms with Crippen LogP contribution >= 0.6 is 0 Å². The number of nitrogens with two attached hydrogens (primary N) is 1. The molecule has 0 aliphatic carbocycles. The Morgan fingerprint density at radius 1 is 1.24 bits per heavy atom. The Morgan fingerprint density at radius 3 is 2.33 bits per heavy atom.